The Morgan fingerprint density at radius 3 is 2.16 bits per heavy atom. The molecule has 0 atom stereocenters. The lowest BCUT2D eigenvalue weighted by atomic mass is 9.99. The smallest absolute Gasteiger partial charge is 0.132 e. The van der Waals surface area contributed by atoms with Crippen LogP contribution in [0.4, 0.5) is 5.69 Å². The highest BCUT2D eigenvalue weighted by Crippen LogP contribution is 2.12. The molecule has 4 nitrogen and oxygen atoms in total. The maximum Gasteiger partial charge on any atom is 0.132 e. The number of nitrogens with two attached hydrogens (primary N) is 1. The normalized spacial score (nSPS) is 10.1. The number of para-hydroxylation sites is 1. The summed E-state index contributed by atoms with van der Waals surface area (Å²) in [6.07, 6.45) is 5.27. The third kappa shape index (κ3) is 5.55. The molecule has 2 rings (SSSR count). The van der Waals surface area contributed by atoms with Crippen molar-refractivity contribution in [3.63, 3.8) is 0 Å². The molecule has 0 unspecified atom stereocenters. The van der Waals surface area contributed by atoms with Crippen molar-refractivity contribution in [1.29, 1.82) is 0 Å². The van der Waals surface area contributed by atoms with Gasteiger partial charge in [0.1, 0.15) is 12.2 Å². The summed E-state index contributed by atoms with van der Waals surface area (Å²) in [4.78, 5) is 0. The summed E-state index contributed by atoms with van der Waals surface area (Å²) in [6, 6.07) is 9.49. The highest BCUT2D eigenvalue weighted by Gasteiger charge is 2.08. The first kappa shape index (κ1) is 15.2. The van der Waals surface area contributed by atoms with Gasteiger partial charge in [0, 0.05) is 19.2 Å². The molecule has 0 spiro atoms. The van der Waals surface area contributed by atoms with Gasteiger partial charge >= 0.3 is 0 Å². The predicted molar refractivity (Wildman–Crippen MR) is 79.6 cm³/mol. The summed E-state index contributed by atoms with van der Waals surface area (Å²) in [5, 5.41) is 7.92. The number of hydrogen-bond acceptors (Lipinski definition) is 3. The molecule has 1 aromatic carbocycles. The van der Waals surface area contributed by atoms with Gasteiger partial charge in [-0.25, -0.2) is 0 Å². The topological polar surface area (TPSA) is 56.7 Å². The van der Waals surface area contributed by atoms with Crippen LogP contribution in [0, 0.1) is 5.92 Å². The fourth-order valence-electron chi connectivity index (χ4n) is 1.78. The first-order valence-corrected chi connectivity index (χ1v) is 6.80. The molecule has 0 saturated carbocycles. The molecule has 1 heterocycles. The molecule has 0 saturated heterocycles. The van der Waals surface area contributed by atoms with Crippen LogP contribution in [0.1, 0.15) is 32.5 Å². The van der Waals surface area contributed by atoms with Crippen molar-refractivity contribution in [2.45, 2.75) is 33.1 Å². The first-order chi connectivity index (χ1) is 9.17. The van der Waals surface area contributed by atoms with Gasteiger partial charge in [0.05, 0.1) is 0 Å². The number of hydrogen-bond donors (Lipinski definition) is 1. The number of aromatic nitrogens is 3. The molecule has 19 heavy (non-hydrogen) atoms. The van der Waals surface area contributed by atoms with Gasteiger partial charge in [0.25, 0.3) is 0 Å². The molecule has 0 amide bonds. The largest absolute Gasteiger partial charge is 0.399 e. The molecule has 0 bridgehead atoms. The summed E-state index contributed by atoms with van der Waals surface area (Å²) < 4.78 is 2.00. The van der Waals surface area contributed by atoms with E-state index >= 15 is 0 Å². The molecular weight excluding hydrogens is 236 g/mol. The van der Waals surface area contributed by atoms with E-state index in [4.69, 9.17) is 5.73 Å². The Morgan fingerprint density at radius 1 is 1.16 bits per heavy atom. The van der Waals surface area contributed by atoms with E-state index < -0.39 is 0 Å². The molecule has 0 aliphatic heterocycles. The van der Waals surface area contributed by atoms with Gasteiger partial charge in [-0.1, -0.05) is 44.9 Å². The maximum absolute atomic E-state index is 5.36. The molecule has 0 fully saturated rings. The van der Waals surface area contributed by atoms with E-state index in [2.05, 4.69) is 24.0 Å². The second-order valence-electron chi connectivity index (χ2n) is 4.66. The second kappa shape index (κ2) is 8.29. The maximum atomic E-state index is 5.36. The number of rotatable bonds is 4. The van der Waals surface area contributed by atoms with Gasteiger partial charge in [0.2, 0.25) is 0 Å². The molecule has 4 heteroatoms. The summed E-state index contributed by atoms with van der Waals surface area (Å²) in [5.74, 6) is 1.86. The zero-order chi connectivity index (χ0) is 14.1. The van der Waals surface area contributed by atoms with Gasteiger partial charge in [0.15, 0.2) is 0 Å². The second-order valence-corrected chi connectivity index (χ2v) is 4.66. The van der Waals surface area contributed by atoms with Crippen molar-refractivity contribution in [2.75, 3.05) is 5.73 Å². The third-order valence-electron chi connectivity index (χ3n) is 3.23. The fourth-order valence-corrected chi connectivity index (χ4v) is 1.78. The Kier molecular flexibility index (Phi) is 6.64. The zero-order valence-electron chi connectivity index (χ0n) is 12.1. The van der Waals surface area contributed by atoms with Gasteiger partial charge in [-0.15, -0.1) is 10.2 Å². The SMILES string of the molecule is CCC(CC)Cc1nncn1C.Nc1ccccc1. The van der Waals surface area contributed by atoms with Crippen molar-refractivity contribution in [3.8, 4) is 0 Å². The Labute approximate surface area is 115 Å². The summed E-state index contributed by atoms with van der Waals surface area (Å²) in [5.41, 5.74) is 6.18. The summed E-state index contributed by atoms with van der Waals surface area (Å²) >= 11 is 0. The fraction of sp³-hybridized carbons (Fsp3) is 0.467. The van der Waals surface area contributed by atoms with E-state index in [1.165, 1.54) is 12.8 Å². The summed E-state index contributed by atoms with van der Waals surface area (Å²) in [6.45, 7) is 4.45. The van der Waals surface area contributed by atoms with E-state index in [0.29, 0.717) is 0 Å². The van der Waals surface area contributed by atoms with Crippen molar-refractivity contribution in [1.82, 2.24) is 14.8 Å². The van der Waals surface area contributed by atoms with Crippen molar-refractivity contribution < 1.29 is 0 Å². The van der Waals surface area contributed by atoms with Crippen LogP contribution in [0.5, 0.6) is 0 Å². The number of anilines is 1. The van der Waals surface area contributed by atoms with Crippen LogP contribution in [0.2, 0.25) is 0 Å². The quantitative estimate of drug-likeness (QED) is 0.859. The first-order valence-electron chi connectivity index (χ1n) is 6.80. The molecule has 0 radical (unpaired) electrons. The van der Waals surface area contributed by atoms with Gasteiger partial charge < -0.3 is 10.3 Å². The van der Waals surface area contributed by atoms with Crippen LogP contribution < -0.4 is 5.73 Å². The molecule has 2 aromatic rings. The predicted octanol–water partition coefficient (Wildman–Crippen LogP) is 3.06. The van der Waals surface area contributed by atoms with E-state index in [-0.39, 0.29) is 0 Å². The lowest BCUT2D eigenvalue weighted by molar-refractivity contribution is 0.471. The van der Waals surface area contributed by atoms with Gasteiger partial charge in [-0.3, -0.25) is 0 Å². The summed E-state index contributed by atoms with van der Waals surface area (Å²) in [7, 11) is 2.00. The Bertz CT molecular complexity index is 446. The number of aryl methyl sites for hydroxylation is 1. The Morgan fingerprint density at radius 2 is 1.79 bits per heavy atom. The van der Waals surface area contributed by atoms with Crippen LogP contribution in [0.15, 0.2) is 36.7 Å². The van der Waals surface area contributed by atoms with Crippen molar-refractivity contribution in [2.24, 2.45) is 13.0 Å². The van der Waals surface area contributed by atoms with Crippen LogP contribution in [-0.2, 0) is 13.5 Å². The van der Waals surface area contributed by atoms with E-state index in [9.17, 15) is 0 Å². The van der Waals surface area contributed by atoms with Gasteiger partial charge in [-0.05, 0) is 18.1 Å². The number of nitrogen functional groups attached to an aromatic ring is 1. The highest BCUT2D eigenvalue weighted by molar-refractivity contribution is 5.35. The minimum atomic E-state index is 0.757. The third-order valence-corrected chi connectivity index (χ3v) is 3.23. The Balaban J connectivity index is 0.000000218. The van der Waals surface area contributed by atoms with E-state index in [0.717, 1.165) is 23.9 Å². The van der Waals surface area contributed by atoms with Crippen LogP contribution in [-0.4, -0.2) is 14.8 Å². The van der Waals surface area contributed by atoms with Gasteiger partial charge in [-0.2, -0.15) is 0 Å². The minimum Gasteiger partial charge on any atom is -0.399 e. The van der Waals surface area contributed by atoms with Crippen molar-refractivity contribution in [3.05, 3.63) is 42.5 Å². The number of benzene rings is 1. The zero-order valence-corrected chi connectivity index (χ0v) is 12.1. The van der Waals surface area contributed by atoms with Crippen LogP contribution in [0.3, 0.4) is 0 Å². The average molecular weight is 260 g/mol. The standard InChI is InChI=1S/C9H17N3.C6H7N/c1-4-8(5-2)6-9-11-10-7-12(9)3;7-6-4-2-1-3-5-6/h7-8H,4-6H2,1-3H3;1-5H,7H2. The van der Waals surface area contributed by atoms with E-state index in [1.807, 2.05) is 41.9 Å². The average Bonchev–Trinajstić information content (AvgIpc) is 2.83. The molecule has 0 aliphatic rings. The van der Waals surface area contributed by atoms with Crippen LogP contribution >= 0.6 is 0 Å². The molecule has 104 valence electrons. The monoisotopic (exact) mass is 260 g/mol. The minimum absolute atomic E-state index is 0.757. The molecule has 0 aliphatic carbocycles. The lowest BCUT2D eigenvalue weighted by Crippen LogP contribution is -2.06. The van der Waals surface area contributed by atoms with Crippen LogP contribution in [0.25, 0.3) is 0 Å². The number of nitrogens with zero attached hydrogens (tertiary/aromatic N) is 3. The molecular formula is C15H24N4. The van der Waals surface area contributed by atoms with E-state index in [1.54, 1.807) is 6.33 Å². The molecule has 2 N–H and O–H groups in total. The Hall–Kier alpha value is -1.84. The molecule has 1 aromatic heterocycles. The lowest BCUT2D eigenvalue weighted by Gasteiger charge is -2.10. The highest BCUT2D eigenvalue weighted by atomic mass is 15.2. The van der Waals surface area contributed by atoms with Crippen molar-refractivity contribution >= 4 is 5.69 Å².